The molecule has 0 radical (unpaired) electrons. The van der Waals surface area contributed by atoms with Gasteiger partial charge in [-0.2, -0.15) is 0 Å². The SMILES string of the molecule is COc1ccc(Cl)cc1-n1nnc(C(=O)NCc2ccccc2)c1C. The Labute approximate surface area is 150 Å². The topological polar surface area (TPSA) is 69.0 Å². The van der Waals surface area contributed by atoms with Crippen LogP contribution in [0.3, 0.4) is 0 Å². The highest BCUT2D eigenvalue weighted by molar-refractivity contribution is 6.30. The third-order valence-electron chi connectivity index (χ3n) is 3.77. The maximum Gasteiger partial charge on any atom is 0.274 e. The second kappa shape index (κ2) is 7.36. The minimum absolute atomic E-state index is 0.262. The first-order valence-corrected chi connectivity index (χ1v) is 8.06. The van der Waals surface area contributed by atoms with E-state index in [0.29, 0.717) is 28.7 Å². The molecule has 2 aromatic carbocycles. The summed E-state index contributed by atoms with van der Waals surface area (Å²) >= 11 is 6.07. The Balaban J connectivity index is 1.84. The number of ether oxygens (including phenoxy) is 1. The van der Waals surface area contributed by atoms with E-state index in [-0.39, 0.29) is 11.6 Å². The van der Waals surface area contributed by atoms with Crippen LogP contribution in [0, 0.1) is 6.92 Å². The van der Waals surface area contributed by atoms with Crippen LogP contribution in [0.2, 0.25) is 5.02 Å². The Hall–Kier alpha value is -2.86. The minimum Gasteiger partial charge on any atom is -0.494 e. The van der Waals surface area contributed by atoms with Crippen molar-refractivity contribution < 1.29 is 9.53 Å². The summed E-state index contributed by atoms with van der Waals surface area (Å²) in [5.41, 5.74) is 2.50. The molecule has 1 heterocycles. The standard InChI is InChI=1S/C18H17ClN4O2/c1-12-17(18(24)20-11-13-6-4-3-5-7-13)21-22-23(12)15-10-14(19)8-9-16(15)25-2/h3-10H,11H2,1-2H3,(H,20,24). The van der Waals surface area contributed by atoms with Gasteiger partial charge in [-0.3, -0.25) is 4.79 Å². The van der Waals surface area contributed by atoms with E-state index in [2.05, 4.69) is 15.6 Å². The van der Waals surface area contributed by atoms with Crippen molar-refractivity contribution in [3.8, 4) is 11.4 Å². The number of rotatable bonds is 5. The number of carbonyl (C=O) groups excluding carboxylic acids is 1. The van der Waals surface area contributed by atoms with Crippen LogP contribution in [0.15, 0.2) is 48.5 Å². The fourth-order valence-electron chi connectivity index (χ4n) is 2.46. The molecule has 0 aliphatic carbocycles. The van der Waals surface area contributed by atoms with Crippen molar-refractivity contribution >= 4 is 17.5 Å². The van der Waals surface area contributed by atoms with Crippen LogP contribution < -0.4 is 10.1 Å². The summed E-state index contributed by atoms with van der Waals surface area (Å²) in [4.78, 5) is 12.4. The number of carbonyl (C=O) groups is 1. The van der Waals surface area contributed by atoms with Gasteiger partial charge in [0.05, 0.1) is 12.8 Å². The number of aromatic nitrogens is 3. The first-order chi connectivity index (χ1) is 12.1. The number of nitrogens with one attached hydrogen (secondary N) is 1. The number of methoxy groups -OCH3 is 1. The summed E-state index contributed by atoms with van der Waals surface area (Å²) in [6.07, 6.45) is 0. The fraction of sp³-hybridized carbons (Fsp3) is 0.167. The maximum absolute atomic E-state index is 12.4. The average Bonchev–Trinajstić information content (AvgIpc) is 3.02. The largest absolute Gasteiger partial charge is 0.494 e. The molecule has 0 aliphatic heterocycles. The minimum atomic E-state index is -0.284. The van der Waals surface area contributed by atoms with Crippen molar-refractivity contribution in [2.75, 3.05) is 7.11 Å². The molecule has 3 aromatic rings. The van der Waals surface area contributed by atoms with Crippen LogP contribution in [0.5, 0.6) is 5.75 Å². The van der Waals surface area contributed by atoms with Crippen LogP contribution in [-0.4, -0.2) is 28.0 Å². The number of hydrogen-bond acceptors (Lipinski definition) is 4. The summed E-state index contributed by atoms with van der Waals surface area (Å²) in [6.45, 7) is 2.20. The lowest BCUT2D eigenvalue weighted by Crippen LogP contribution is -2.24. The van der Waals surface area contributed by atoms with Gasteiger partial charge in [0.15, 0.2) is 5.69 Å². The lowest BCUT2D eigenvalue weighted by atomic mass is 10.2. The molecule has 0 unspecified atom stereocenters. The van der Waals surface area contributed by atoms with Gasteiger partial charge in [-0.1, -0.05) is 47.1 Å². The molecule has 0 fully saturated rings. The van der Waals surface area contributed by atoms with E-state index in [0.717, 1.165) is 5.56 Å². The number of hydrogen-bond donors (Lipinski definition) is 1. The van der Waals surface area contributed by atoms with Gasteiger partial charge in [-0.25, -0.2) is 4.68 Å². The van der Waals surface area contributed by atoms with Crippen LogP contribution >= 0.6 is 11.6 Å². The lowest BCUT2D eigenvalue weighted by Gasteiger charge is -2.10. The van der Waals surface area contributed by atoms with Crippen LogP contribution in [0.4, 0.5) is 0 Å². The van der Waals surface area contributed by atoms with E-state index in [1.54, 1.807) is 36.9 Å². The smallest absolute Gasteiger partial charge is 0.274 e. The summed E-state index contributed by atoms with van der Waals surface area (Å²) in [5.74, 6) is 0.308. The predicted octanol–water partition coefficient (Wildman–Crippen LogP) is 3.17. The van der Waals surface area contributed by atoms with Crippen molar-refractivity contribution in [2.24, 2.45) is 0 Å². The summed E-state index contributed by atoms with van der Waals surface area (Å²) < 4.78 is 6.88. The zero-order chi connectivity index (χ0) is 17.8. The van der Waals surface area contributed by atoms with E-state index in [1.807, 2.05) is 30.3 Å². The molecule has 0 saturated carbocycles. The van der Waals surface area contributed by atoms with Gasteiger partial charge in [0.2, 0.25) is 0 Å². The highest BCUT2D eigenvalue weighted by Gasteiger charge is 2.19. The van der Waals surface area contributed by atoms with Gasteiger partial charge in [0, 0.05) is 11.6 Å². The van der Waals surface area contributed by atoms with E-state index >= 15 is 0 Å². The Morgan fingerprint density at radius 3 is 2.72 bits per heavy atom. The van der Waals surface area contributed by atoms with Gasteiger partial charge >= 0.3 is 0 Å². The van der Waals surface area contributed by atoms with E-state index < -0.39 is 0 Å². The second-order valence-corrected chi connectivity index (χ2v) is 5.86. The zero-order valence-electron chi connectivity index (χ0n) is 13.9. The molecule has 1 N–H and O–H groups in total. The first kappa shape index (κ1) is 17.0. The molecule has 128 valence electrons. The van der Waals surface area contributed by atoms with Gasteiger partial charge in [-0.05, 0) is 30.7 Å². The predicted molar refractivity (Wildman–Crippen MR) is 95.3 cm³/mol. The molecule has 0 spiro atoms. The molecule has 0 aliphatic rings. The molecule has 3 rings (SSSR count). The molecule has 0 saturated heterocycles. The first-order valence-electron chi connectivity index (χ1n) is 7.68. The van der Waals surface area contributed by atoms with E-state index in [4.69, 9.17) is 16.3 Å². The van der Waals surface area contributed by atoms with E-state index in [1.165, 1.54) is 0 Å². The van der Waals surface area contributed by atoms with Gasteiger partial charge in [0.1, 0.15) is 11.4 Å². The van der Waals surface area contributed by atoms with Crippen molar-refractivity contribution in [3.63, 3.8) is 0 Å². The van der Waals surface area contributed by atoms with Crippen molar-refractivity contribution in [1.29, 1.82) is 0 Å². The molecule has 1 aromatic heterocycles. The van der Waals surface area contributed by atoms with Crippen molar-refractivity contribution in [1.82, 2.24) is 20.3 Å². The lowest BCUT2D eigenvalue weighted by molar-refractivity contribution is 0.0945. The third-order valence-corrected chi connectivity index (χ3v) is 4.01. The Bertz CT molecular complexity index is 893. The molecule has 25 heavy (non-hydrogen) atoms. The summed E-state index contributed by atoms with van der Waals surface area (Å²) in [6, 6.07) is 14.9. The van der Waals surface area contributed by atoms with Crippen LogP contribution in [-0.2, 0) is 6.54 Å². The fourth-order valence-corrected chi connectivity index (χ4v) is 2.62. The van der Waals surface area contributed by atoms with Crippen molar-refractivity contribution in [3.05, 3.63) is 70.5 Å². The number of amides is 1. The number of nitrogens with zero attached hydrogens (tertiary/aromatic N) is 3. The summed E-state index contributed by atoms with van der Waals surface area (Å²) in [5, 5.41) is 11.5. The Kier molecular flexibility index (Phi) is 5.00. The molecular weight excluding hydrogens is 340 g/mol. The highest BCUT2D eigenvalue weighted by atomic mass is 35.5. The highest BCUT2D eigenvalue weighted by Crippen LogP contribution is 2.27. The maximum atomic E-state index is 12.4. The molecule has 6 nitrogen and oxygen atoms in total. The Morgan fingerprint density at radius 2 is 2.00 bits per heavy atom. The van der Waals surface area contributed by atoms with Crippen molar-refractivity contribution in [2.45, 2.75) is 13.5 Å². The molecular formula is C18H17ClN4O2. The van der Waals surface area contributed by atoms with Gasteiger partial charge < -0.3 is 10.1 Å². The number of halogens is 1. The normalized spacial score (nSPS) is 10.5. The quantitative estimate of drug-likeness (QED) is 0.762. The molecule has 0 bridgehead atoms. The van der Waals surface area contributed by atoms with Crippen LogP contribution in [0.1, 0.15) is 21.7 Å². The molecule has 1 amide bonds. The molecule has 7 heteroatoms. The summed E-state index contributed by atoms with van der Waals surface area (Å²) in [7, 11) is 1.56. The van der Waals surface area contributed by atoms with E-state index in [9.17, 15) is 4.79 Å². The third kappa shape index (κ3) is 3.64. The molecule has 0 atom stereocenters. The van der Waals surface area contributed by atoms with Crippen LogP contribution in [0.25, 0.3) is 5.69 Å². The van der Waals surface area contributed by atoms with Gasteiger partial charge in [-0.15, -0.1) is 5.10 Å². The second-order valence-electron chi connectivity index (χ2n) is 5.42. The number of benzene rings is 2. The van der Waals surface area contributed by atoms with Gasteiger partial charge in [0.25, 0.3) is 5.91 Å². The Morgan fingerprint density at radius 1 is 1.24 bits per heavy atom. The monoisotopic (exact) mass is 356 g/mol. The zero-order valence-corrected chi connectivity index (χ0v) is 14.6. The average molecular weight is 357 g/mol.